The van der Waals surface area contributed by atoms with Crippen LogP contribution in [0.2, 0.25) is 0 Å². The van der Waals surface area contributed by atoms with Crippen molar-refractivity contribution >= 4 is 16.9 Å². The first kappa shape index (κ1) is 16.4. The second-order valence-corrected chi connectivity index (χ2v) is 6.47. The first-order valence-corrected chi connectivity index (χ1v) is 8.52. The summed E-state index contributed by atoms with van der Waals surface area (Å²) in [5, 5.41) is 9.36. The van der Waals surface area contributed by atoms with Crippen LogP contribution in [0.4, 0.5) is 0 Å². The van der Waals surface area contributed by atoms with E-state index in [1.54, 1.807) is 6.92 Å². The van der Waals surface area contributed by atoms with Crippen molar-refractivity contribution < 1.29 is 23.5 Å². The Balaban J connectivity index is 1.82. The Kier molecular flexibility index (Phi) is 3.83. The van der Waals surface area contributed by atoms with E-state index in [2.05, 4.69) is 0 Å². The fraction of sp³-hybridized carbons (Fsp3) is 0.300. The molecule has 1 N–H and O–H groups in total. The smallest absolute Gasteiger partial charge is 0.335 e. The van der Waals surface area contributed by atoms with Gasteiger partial charge in [-0.1, -0.05) is 0 Å². The van der Waals surface area contributed by atoms with E-state index in [0.29, 0.717) is 18.0 Å². The second-order valence-electron chi connectivity index (χ2n) is 6.47. The molecule has 0 amide bonds. The van der Waals surface area contributed by atoms with Gasteiger partial charge in [0.25, 0.3) is 0 Å². The summed E-state index contributed by atoms with van der Waals surface area (Å²) in [5.74, 6) is 1.46. The monoisotopic (exact) mass is 354 g/mol. The molecule has 1 aromatic carbocycles. The van der Waals surface area contributed by atoms with Crippen LogP contribution in [0.15, 0.2) is 44.0 Å². The molecule has 134 valence electrons. The van der Waals surface area contributed by atoms with Crippen LogP contribution in [0.3, 0.4) is 0 Å². The van der Waals surface area contributed by atoms with Crippen LogP contribution in [0, 0.1) is 6.92 Å². The zero-order valence-corrected chi connectivity index (χ0v) is 14.4. The molecule has 6 heteroatoms. The van der Waals surface area contributed by atoms with E-state index in [0.717, 1.165) is 17.9 Å². The molecule has 2 aromatic heterocycles. The fourth-order valence-corrected chi connectivity index (χ4v) is 3.31. The van der Waals surface area contributed by atoms with Crippen LogP contribution < -0.4 is 10.2 Å². The van der Waals surface area contributed by atoms with E-state index in [9.17, 15) is 9.59 Å². The average Bonchev–Trinajstić information content (AvgIpc) is 3.30. The molecule has 6 nitrogen and oxygen atoms in total. The maximum Gasteiger partial charge on any atom is 0.335 e. The first-order chi connectivity index (χ1) is 12.5. The van der Waals surface area contributed by atoms with E-state index in [-0.39, 0.29) is 34.0 Å². The van der Waals surface area contributed by atoms with Gasteiger partial charge in [0.2, 0.25) is 11.2 Å². The normalized spacial score (nSPS) is 18.8. The first-order valence-electron chi connectivity index (χ1n) is 8.52. The number of benzene rings is 1. The van der Waals surface area contributed by atoms with Crippen molar-refractivity contribution in [3.05, 3.63) is 63.4 Å². The zero-order valence-electron chi connectivity index (χ0n) is 14.4. The number of aromatic carboxylic acids is 1. The van der Waals surface area contributed by atoms with E-state index in [1.807, 2.05) is 19.1 Å². The molecule has 2 heterocycles. The number of furan rings is 1. The summed E-state index contributed by atoms with van der Waals surface area (Å²) in [4.78, 5) is 24.1. The molecule has 1 saturated carbocycles. The zero-order chi connectivity index (χ0) is 18.4. The Morgan fingerprint density at radius 2 is 2.04 bits per heavy atom. The number of rotatable bonds is 5. The fourth-order valence-electron chi connectivity index (χ4n) is 3.31. The maximum absolute atomic E-state index is 12.9. The third-order valence-corrected chi connectivity index (χ3v) is 4.66. The van der Waals surface area contributed by atoms with Gasteiger partial charge in [0, 0.05) is 11.8 Å². The quantitative estimate of drug-likeness (QED) is 0.743. The van der Waals surface area contributed by atoms with Crippen molar-refractivity contribution in [2.75, 3.05) is 6.61 Å². The molecule has 26 heavy (non-hydrogen) atoms. The molecule has 1 fully saturated rings. The molecule has 0 spiro atoms. The number of fused-ring (bicyclic) bond motifs is 1. The molecular weight excluding hydrogens is 336 g/mol. The number of carbonyl (C=O) groups is 1. The van der Waals surface area contributed by atoms with Crippen molar-refractivity contribution in [3.63, 3.8) is 0 Å². The molecule has 1 aliphatic carbocycles. The summed E-state index contributed by atoms with van der Waals surface area (Å²) in [6.45, 7) is 4.00. The van der Waals surface area contributed by atoms with Gasteiger partial charge in [0.1, 0.15) is 17.1 Å². The Labute approximate surface area is 149 Å². The van der Waals surface area contributed by atoms with Crippen LogP contribution in [-0.4, -0.2) is 17.7 Å². The standard InChI is InChI=1S/C20H18O6/c1-3-24-19-17(21)14-8-11(20(22)23)5-7-16(14)26-18(19)13-9-12(13)15-6-4-10(2)25-15/h4-8,12-13H,3,9H2,1-2H3,(H,22,23). The topological polar surface area (TPSA) is 89.9 Å². The Hall–Kier alpha value is -3.02. The summed E-state index contributed by atoms with van der Waals surface area (Å²) >= 11 is 0. The number of ether oxygens (including phenoxy) is 1. The van der Waals surface area contributed by atoms with Gasteiger partial charge in [-0.05, 0) is 50.6 Å². The lowest BCUT2D eigenvalue weighted by Gasteiger charge is -2.10. The van der Waals surface area contributed by atoms with Crippen molar-refractivity contribution in [1.82, 2.24) is 0 Å². The highest BCUT2D eigenvalue weighted by Crippen LogP contribution is 2.56. The SMILES string of the molecule is CCOc1c(C2CC2c2ccc(C)o2)oc2ccc(C(=O)O)cc2c1=O. The Morgan fingerprint density at radius 1 is 1.23 bits per heavy atom. The van der Waals surface area contributed by atoms with Crippen molar-refractivity contribution in [2.24, 2.45) is 0 Å². The van der Waals surface area contributed by atoms with Crippen LogP contribution in [-0.2, 0) is 0 Å². The molecular formula is C20H18O6. The number of hydrogen-bond donors (Lipinski definition) is 1. The molecule has 0 radical (unpaired) electrons. The van der Waals surface area contributed by atoms with Crippen molar-refractivity contribution in [1.29, 1.82) is 0 Å². The number of aryl methyl sites for hydroxylation is 1. The van der Waals surface area contributed by atoms with Gasteiger partial charge < -0.3 is 18.7 Å². The molecule has 0 saturated heterocycles. The summed E-state index contributed by atoms with van der Waals surface area (Å²) in [6.07, 6.45) is 0.814. The molecule has 2 atom stereocenters. The highest BCUT2D eigenvalue weighted by Gasteiger charge is 2.46. The summed E-state index contributed by atoms with van der Waals surface area (Å²) in [6, 6.07) is 8.14. The highest BCUT2D eigenvalue weighted by molar-refractivity contribution is 5.93. The molecule has 3 aromatic rings. The van der Waals surface area contributed by atoms with Crippen molar-refractivity contribution in [3.8, 4) is 5.75 Å². The van der Waals surface area contributed by atoms with Gasteiger partial charge in [0.05, 0.1) is 17.6 Å². The lowest BCUT2D eigenvalue weighted by molar-refractivity contribution is 0.0697. The summed E-state index contributed by atoms with van der Waals surface area (Å²) in [7, 11) is 0. The lowest BCUT2D eigenvalue weighted by Crippen LogP contribution is -2.12. The van der Waals surface area contributed by atoms with Crippen LogP contribution in [0.1, 0.15) is 52.8 Å². The average molecular weight is 354 g/mol. The third kappa shape index (κ3) is 2.67. The minimum atomic E-state index is -1.09. The Bertz CT molecular complexity index is 1060. The van der Waals surface area contributed by atoms with Gasteiger partial charge in [0.15, 0.2) is 5.76 Å². The minimum Gasteiger partial charge on any atom is -0.487 e. The molecule has 4 rings (SSSR count). The molecule has 0 aliphatic heterocycles. The van der Waals surface area contributed by atoms with Gasteiger partial charge in [-0.15, -0.1) is 0 Å². The predicted molar refractivity (Wildman–Crippen MR) is 94.2 cm³/mol. The van der Waals surface area contributed by atoms with Gasteiger partial charge in [-0.3, -0.25) is 4.79 Å². The predicted octanol–water partition coefficient (Wildman–Crippen LogP) is 4.06. The lowest BCUT2D eigenvalue weighted by atomic mass is 10.1. The second kappa shape index (κ2) is 6.05. The van der Waals surface area contributed by atoms with Crippen LogP contribution in [0.25, 0.3) is 11.0 Å². The molecule has 2 unspecified atom stereocenters. The maximum atomic E-state index is 12.9. The molecule has 1 aliphatic rings. The molecule has 0 bridgehead atoms. The third-order valence-electron chi connectivity index (χ3n) is 4.66. The van der Waals surface area contributed by atoms with E-state index in [4.69, 9.17) is 18.7 Å². The number of hydrogen-bond acceptors (Lipinski definition) is 5. The largest absolute Gasteiger partial charge is 0.487 e. The highest BCUT2D eigenvalue weighted by atomic mass is 16.5. The van der Waals surface area contributed by atoms with Gasteiger partial charge >= 0.3 is 5.97 Å². The van der Waals surface area contributed by atoms with Gasteiger partial charge in [-0.25, -0.2) is 4.79 Å². The summed E-state index contributed by atoms with van der Waals surface area (Å²) < 4.78 is 17.3. The van der Waals surface area contributed by atoms with E-state index >= 15 is 0 Å². The van der Waals surface area contributed by atoms with E-state index < -0.39 is 5.97 Å². The number of carboxylic acid groups (broad SMARTS) is 1. The minimum absolute atomic E-state index is 0.0124. The van der Waals surface area contributed by atoms with Crippen molar-refractivity contribution in [2.45, 2.75) is 32.1 Å². The van der Waals surface area contributed by atoms with E-state index in [1.165, 1.54) is 18.2 Å². The summed E-state index contributed by atoms with van der Waals surface area (Å²) in [5.41, 5.74) is 0.0579. The number of carboxylic acids is 1. The Morgan fingerprint density at radius 3 is 2.69 bits per heavy atom. The van der Waals surface area contributed by atoms with Crippen LogP contribution in [0.5, 0.6) is 5.75 Å². The van der Waals surface area contributed by atoms with Crippen LogP contribution >= 0.6 is 0 Å². The van der Waals surface area contributed by atoms with Gasteiger partial charge in [-0.2, -0.15) is 0 Å².